The summed E-state index contributed by atoms with van der Waals surface area (Å²) < 4.78 is 6.10. The fraction of sp³-hybridized carbons (Fsp3) is 0.409. The third-order valence-electron chi connectivity index (χ3n) is 6.89. The monoisotopic (exact) mass is 392 g/mol. The number of rotatable bonds is 3. The van der Waals surface area contributed by atoms with Crippen molar-refractivity contribution in [2.75, 3.05) is 11.5 Å². The summed E-state index contributed by atoms with van der Waals surface area (Å²) >= 11 is 0. The molecule has 2 aromatic rings. The number of hydrogen-bond donors (Lipinski definition) is 2. The van der Waals surface area contributed by atoms with Gasteiger partial charge >= 0.3 is 0 Å². The molecule has 2 N–H and O–H groups in total. The molecule has 2 bridgehead atoms. The van der Waals surface area contributed by atoms with E-state index in [-0.39, 0.29) is 25.4 Å². The summed E-state index contributed by atoms with van der Waals surface area (Å²) in [6.07, 6.45) is -0.478. The SMILES string of the molecule is [C-]#[N+]c1ccc(N2C(=O)[C@@H]3[C@H](C2=O)C2(C)OC3(CCO)C[C@H]2O)c2ccccc12. The average Bonchev–Trinajstić information content (AvgIpc) is 3.23. The van der Waals surface area contributed by atoms with Gasteiger partial charge in [0.25, 0.3) is 0 Å². The van der Waals surface area contributed by atoms with Gasteiger partial charge in [0.05, 0.1) is 35.8 Å². The highest BCUT2D eigenvalue weighted by Crippen LogP contribution is 2.62. The predicted octanol–water partition coefficient (Wildman–Crippen LogP) is 2.17. The first-order chi connectivity index (χ1) is 13.9. The van der Waals surface area contributed by atoms with Gasteiger partial charge in [-0.2, -0.15) is 0 Å². The lowest BCUT2D eigenvalue weighted by molar-refractivity contribution is -0.134. The summed E-state index contributed by atoms with van der Waals surface area (Å²) in [6.45, 7) is 8.86. The van der Waals surface area contributed by atoms with Crippen molar-refractivity contribution in [2.24, 2.45) is 11.8 Å². The summed E-state index contributed by atoms with van der Waals surface area (Å²) in [5.74, 6) is -2.31. The molecule has 2 unspecified atom stereocenters. The Morgan fingerprint density at radius 2 is 1.86 bits per heavy atom. The van der Waals surface area contributed by atoms with Crippen LogP contribution < -0.4 is 4.90 Å². The number of aliphatic hydroxyl groups excluding tert-OH is 2. The van der Waals surface area contributed by atoms with Crippen molar-refractivity contribution in [2.45, 2.75) is 37.1 Å². The van der Waals surface area contributed by atoms with Crippen LogP contribution in [0.25, 0.3) is 15.6 Å². The number of hydrogen-bond acceptors (Lipinski definition) is 5. The molecule has 3 heterocycles. The lowest BCUT2D eigenvalue weighted by Crippen LogP contribution is -2.49. The number of nitrogens with zero attached hydrogens (tertiary/aromatic N) is 2. The van der Waals surface area contributed by atoms with Gasteiger partial charge in [0, 0.05) is 19.4 Å². The van der Waals surface area contributed by atoms with Gasteiger partial charge in [-0.05, 0) is 23.8 Å². The molecule has 2 aromatic carbocycles. The van der Waals surface area contributed by atoms with Gasteiger partial charge in [0.2, 0.25) is 11.8 Å². The molecule has 0 spiro atoms. The first-order valence-corrected chi connectivity index (χ1v) is 9.64. The van der Waals surface area contributed by atoms with Gasteiger partial charge in [-0.25, -0.2) is 9.74 Å². The number of ether oxygens (including phenoxy) is 1. The van der Waals surface area contributed by atoms with E-state index in [9.17, 15) is 19.8 Å². The minimum absolute atomic E-state index is 0.186. The molecule has 29 heavy (non-hydrogen) atoms. The number of carbonyl (C=O) groups excluding carboxylic acids is 2. The summed E-state index contributed by atoms with van der Waals surface area (Å²) in [6, 6.07) is 10.4. The van der Waals surface area contributed by atoms with Gasteiger partial charge in [-0.1, -0.05) is 30.3 Å². The van der Waals surface area contributed by atoms with Gasteiger partial charge in [-0.15, -0.1) is 0 Å². The summed E-state index contributed by atoms with van der Waals surface area (Å²) in [7, 11) is 0. The van der Waals surface area contributed by atoms with E-state index in [1.807, 2.05) is 6.07 Å². The quantitative estimate of drug-likeness (QED) is 0.617. The standard InChI is InChI=1S/C22H20N2O5/c1-21-16(26)11-22(29-21,9-10-25)18-17(21)19(27)24(20(18)28)15-8-7-14(23-2)12-5-3-4-6-13(12)15/h3-8,16-18,25-26H,9-11H2,1H3/t16-,17-,18+,21?,22?/m1/s1. The smallest absolute Gasteiger partial charge is 0.240 e. The lowest BCUT2D eigenvalue weighted by Gasteiger charge is -2.33. The van der Waals surface area contributed by atoms with Gasteiger partial charge in [0.1, 0.15) is 5.60 Å². The van der Waals surface area contributed by atoms with Gasteiger partial charge in [0.15, 0.2) is 5.69 Å². The van der Waals surface area contributed by atoms with Crippen molar-refractivity contribution in [3.63, 3.8) is 0 Å². The van der Waals surface area contributed by atoms with Crippen LogP contribution in [0, 0.1) is 18.4 Å². The molecule has 2 amide bonds. The summed E-state index contributed by atoms with van der Waals surface area (Å²) in [4.78, 5) is 31.7. The van der Waals surface area contributed by atoms with E-state index in [1.165, 1.54) is 4.90 Å². The Labute approximate surface area is 167 Å². The zero-order valence-electron chi connectivity index (χ0n) is 15.8. The molecule has 148 valence electrons. The van der Waals surface area contributed by atoms with Crippen LogP contribution in [-0.2, 0) is 14.3 Å². The van der Waals surface area contributed by atoms with E-state index in [0.717, 1.165) is 0 Å². The Hall–Kier alpha value is -2.79. The lowest BCUT2D eigenvalue weighted by atomic mass is 9.66. The van der Waals surface area contributed by atoms with Crippen LogP contribution in [0.2, 0.25) is 0 Å². The Balaban J connectivity index is 1.68. The Morgan fingerprint density at radius 3 is 2.55 bits per heavy atom. The molecule has 3 fully saturated rings. The highest BCUT2D eigenvalue weighted by Gasteiger charge is 2.76. The van der Waals surface area contributed by atoms with Crippen LogP contribution in [0.3, 0.4) is 0 Å². The molecular weight excluding hydrogens is 372 g/mol. The van der Waals surface area contributed by atoms with Crippen molar-refractivity contribution < 1.29 is 24.5 Å². The van der Waals surface area contributed by atoms with E-state index in [4.69, 9.17) is 11.3 Å². The average molecular weight is 392 g/mol. The topological polar surface area (TPSA) is 91.4 Å². The largest absolute Gasteiger partial charge is 0.396 e. The van der Waals surface area contributed by atoms with Crippen LogP contribution in [0.5, 0.6) is 0 Å². The van der Waals surface area contributed by atoms with E-state index in [2.05, 4.69) is 4.85 Å². The molecule has 0 radical (unpaired) electrons. The third-order valence-corrected chi connectivity index (χ3v) is 6.89. The Kier molecular flexibility index (Phi) is 3.69. The van der Waals surface area contributed by atoms with Crippen LogP contribution in [-0.4, -0.2) is 45.9 Å². The van der Waals surface area contributed by atoms with Crippen molar-refractivity contribution in [1.82, 2.24) is 0 Å². The number of aliphatic hydroxyl groups is 2. The highest BCUT2D eigenvalue weighted by atomic mass is 16.6. The maximum atomic E-state index is 13.5. The second kappa shape index (κ2) is 5.86. The molecule has 3 aliphatic rings. The molecule has 0 aromatic heterocycles. The third kappa shape index (κ3) is 2.11. The van der Waals surface area contributed by atoms with E-state index >= 15 is 0 Å². The number of anilines is 1. The molecule has 3 aliphatic heterocycles. The maximum Gasteiger partial charge on any atom is 0.240 e. The highest BCUT2D eigenvalue weighted by molar-refractivity contribution is 6.26. The van der Waals surface area contributed by atoms with Gasteiger partial charge < -0.3 is 14.9 Å². The van der Waals surface area contributed by atoms with E-state index in [0.29, 0.717) is 22.1 Å². The van der Waals surface area contributed by atoms with E-state index in [1.54, 1.807) is 37.3 Å². The molecule has 0 saturated carbocycles. The van der Waals surface area contributed by atoms with Crippen LogP contribution in [0.15, 0.2) is 36.4 Å². The second-order valence-corrected chi connectivity index (χ2v) is 8.27. The number of fused-ring (bicyclic) bond motifs is 6. The predicted molar refractivity (Wildman–Crippen MR) is 104 cm³/mol. The minimum Gasteiger partial charge on any atom is -0.396 e. The molecule has 5 rings (SSSR count). The molecule has 5 atom stereocenters. The molecule has 0 aliphatic carbocycles. The van der Waals surface area contributed by atoms with E-state index < -0.39 is 35.0 Å². The minimum atomic E-state index is -1.16. The summed E-state index contributed by atoms with van der Waals surface area (Å²) in [5, 5.41) is 21.5. The number of imide groups is 1. The van der Waals surface area contributed by atoms with Crippen molar-refractivity contribution >= 4 is 34.0 Å². The fourth-order valence-electron chi connectivity index (χ4n) is 5.61. The second-order valence-electron chi connectivity index (χ2n) is 8.27. The summed E-state index contributed by atoms with van der Waals surface area (Å²) in [5.41, 5.74) is -1.31. The fourth-order valence-corrected chi connectivity index (χ4v) is 5.61. The van der Waals surface area contributed by atoms with Gasteiger partial charge in [-0.3, -0.25) is 9.59 Å². The zero-order valence-corrected chi connectivity index (χ0v) is 15.8. The first kappa shape index (κ1) is 18.3. The number of amides is 2. The zero-order chi connectivity index (χ0) is 20.6. The van der Waals surface area contributed by atoms with Crippen LogP contribution >= 0.6 is 0 Å². The maximum absolute atomic E-state index is 13.5. The number of carbonyl (C=O) groups is 2. The Morgan fingerprint density at radius 1 is 1.17 bits per heavy atom. The van der Waals surface area contributed by atoms with Crippen molar-refractivity contribution in [1.29, 1.82) is 0 Å². The molecule has 7 heteroatoms. The first-order valence-electron chi connectivity index (χ1n) is 9.64. The van der Waals surface area contributed by atoms with Crippen molar-refractivity contribution in [3.8, 4) is 0 Å². The van der Waals surface area contributed by atoms with Crippen molar-refractivity contribution in [3.05, 3.63) is 47.8 Å². The normalized spacial score (nSPS) is 35.4. The number of benzene rings is 2. The van der Waals surface area contributed by atoms with Crippen LogP contribution in [0.1, 0.15) is 19.8 Å². The molecule has 7 nitrogen and oxygen atoms in total. The molecule has 3 saturated heterocycles. The Bertz CT molecular complexity index is 1110. The van der Waals surface area contributed by atoms with Crippen LogP contribution in [0.4, 0.5) is 11.4 Å². The molecular formula is C22H20N2O5.